The van der Waals surface area contributed by atoms with E-state index in [1.54, 1.807) is 36.5 Å². The number of rotatable bonds is 5. The van der Waals surface area contributed by atoms with Gasteiger partial charge in [-0.25, -0.2) is 4.98 Å². The molecule has 1 unspecified atom stereocenters. The smallest absolute Gasteiger partial charge is 0.268 e. The number of aromatic nitrogens is 1. The zero-order valence-electron chi connectivity index (χ0n) is 19.1. The topological polar surface area (TPSA) is 71.5 Å². The lowest BCUT2D eigenvalue weighted by Crippen LogP contribution is -2.47. The van der Waals surface area contributed by atoms with Gasteiger partial charge in [-0.15, -0.1) is 11.3 Å². The minimum Gasteiger partial charge on any atom is -0.479 e. The fraction of sp³-hybridized carbons (Fsp3) is 0.148. The maximum absolute atomic E-state index is 13.0. The van der Waals surface area contributed by atoms with Gasteiger partial charge in [-0.1, -0.05) is 48.0 Å². The number of hydrogen-bond acceptors (Lipinski definition) is 5. The number of ether oxygens (including phenoxy) is 1. The van der Waals surface area contributed by atoms with Crippen LogP contribution in [-0.4, -0.2) is 29.4 Å². The van der Waals surface area contributed by atoms with E-state index in [1.165, 1.54) is 4.90 Å². The van der Waals surface area contributed by atoms with Crippen LogP contribution in [0.5, 0.6) is 5.75 Å². The summed E-state index contributed by atoms with van der Waals surface area (Å²) in [6.07, 6.45) is -0.696. The van der Waals surface area contributed by atoms with Crippen molar-refractivity contribution >= 4 is 46.1 Å². The SMILES string of the molecule is Cc1c(Cl)cccc1NC(=O)CN1C(=O)C(C)Oc2ccc(-c3csc(-c4ccccc4)n3)cc21. The highest BCUT2D eigenvalue weighted by molar-refractivity contribution is 7.13. The Kier molecular flexibility index (Phi) is 6.28. The van der Waals surface area contributed by atoms with Gasteiger partial charge in [0.1, 0.15) is 17.3 Å². The Hall–Kier alpha value is -3.68. The van der Waals surface area contributed by atoms with E-state index in [1.807, 2.05) is 60.8 Å². The summed E-state index contributed by atoms with van der Waals surface area (Å²) in [5, 5.41) is 6.32. The predicted octanol–water partition coefficient (Wildman–Crippen LogP) is 6.19. The molecule has 35 heavy (non-hydrogen) atoms. The third kappa shape index (κ3) is 4.65. The number of benzene rings is 3. The molecule has 0 bridgehead atoms. The molecule has 0 radical (unpaired) electrons. The van der Waals surface area contributed by atoms with Gasteiger partial charge in [0.15, 0.2) is 6.10 Å². The van der Waals surface area contributed by atoms with Crippen LogP contribution in [-0.2, 0) is 9.59 Å². The molecule has 2 heterocycles. The van der Waals surface area contributed by atoms with Gasteiger partial charge in [-0.3, -0.25) is 14.5 Å². The van der Waals surface area contributed by atoms with E-state index >= 15 is 0 Å². The van der Waals surface area contributed by atoms with Crippen molar-refractivity contribution < 1.29 is 14.3 Å². The summed E-state index contributed by atoms with van der Waals surface area (Å²) in [5.41, 5.74) is 4.60. The first kappa shape index (κ1) is 23.1. The molecule has 1 atom stereocenters. The Morgan fingerprint density at radius 3 is 2.71 bits per heavy atom. The molecule has 1 N–H and O–H groups in total. The van der Waals surface area contributed by atoms with Crippen LogP contribution >= 0.6 is 22.9 Å². The Morgan fingerprint density at radius 1 is 1.11 bits per heavy atom. The lowest BCUT2D eigenvalue weighted by Gasteiger charge is -2.33. The fourth-order valence-electron chi connectivity index (χ4n) is 3.93. The van der Waals surface area contributed by atoms with E-state index in [0.29, 0.717) is 22.1 Å². The molecular weight excluding hydrogens is 482 g/mol. The average molecular weight is 504 g/mol. The summed E-state index contributed by atoms with van der Waals surface area (Å²) in [4.78, 5) is 32.2. The van der Waals surface area contributed by atoms with E-state index in [9.17, 15) is 9.59 Å². The van der Waals surface area contributed by atoms with Crippen LogP contribution in [0.3, 0.4) is 0 Å². The number of carbonyl (C=O) groups excluding carboxylic acids is 2. The molecule has 8 heteroatoms. The van der Waals surface area contributed by atoms with Gasteiger partial charge in [-0.2, -0.15) is 0 Å². The summed E-state index contributed by atoms with van der Waals surface area (Å²) in [6, 6.07) is 20.9. The highest BCUT2D eigenvalue weighted by Crippen LogP contribution is 2.38. The first-order chi connectivity index (χ1) is 16.9. The van der Waals surface area contributed by atoms with Crippen molar-refractivity contribution in [1.82, 2.24) is 4.98 Å². The van der Waals surface area contributed by atoms with Crippen LogP contribution in [0.4, 0.5) is 11.4 Å². The molecule has 4 aromatic rings. The van der Waals surface area contributed by atoms with Crippen molar-refractivity contribution in [3.8, 4) is 27.6 Å². The molecule has 0 fully saturated rings. The normalized spacial score (nSPS) is 14.9. The van der Waals surface area contributed by atoms with Gasteiger partial charge in [0.05, 0.1) is 11.4 Å². The molecular formula is C27H22ClN3O3S. The van der Waals surface area contributed by atoms with Gasteiger partial charge in [0, 0.05) is 27.2 Å². The Labute approximate surface area is 212 Å². The van der Waals surface area contributed by atoms with Gasteiger partial charge in [0.25, 0.3) is 5.91 Å². The first-order valence-corrected chi connectivity index (χ1v) is 12.3. The van der Waals surface area contributed by atoms with E-state index in [4.69, 9.17) is 21.3 Å². The number of halogens is 1. The molecule has 1 aliphatic heterocycles. The van der Waals surface area contributed by atoms with Crippen LogP contribution in [0.1, 0.15) is 12.5 Å². The number of nitrogens with one attached hydrogen (secondary N) is 1. The molecule has 1 aromatic heterocycles. The van der Waals surface area contributed by atoms with Gasteiger partial charge in [0.2, 0.25) is 5.91 Å². The third-order valence-electron chi connectivity index (χ3n) is 5.83. The lowest BCUT2D eigenvalue weighted by molar-refractivity contribution is -0.127. The molecule has 6 nitrogen and oxygen atoms in total. The van der Waals surface area contributed by atoms with Crippen molar-refractivity contribution in [1.29, 1.82) is 0 Å². The predicted molar refractivity (Wildman–Crippen MR) is 140 cm³/mol. The molecule has 0 saturated carbocycles. The standard InChI is InChI=1S/C27H22ClN3O3S/c1-16-20(28)9-6-10-21(16)29-25(32)14-31-23-13-19(11-12-24(23)34-17(2)27(31)33)22-15-35-26(30-22)18-7-4-3-5-8-18/h3-13,15,17H,14H2,1-2H3,(H,29,32). The molecule has 0 saturated heterocycles. The number of anilines is 2. The van der Waals surface area contributed by atoms with Gasteiger partial charge >= 0.3 is 0 Å². The Morgan fingerprint density at radius 2 is 1.91 bits per heavy atom. The number of fused-ring (bicyclic) bond motifs is 1. The highest BCUT2D eigenvalue weighted by atomic mass is 35.5. The lowest BCUT2D eigenvalue weighted by atomic mass is 10.1. The summed E-state index contributed by atoms with van der Waals surface area (Å²) in [7, 11) is 0. The second kappa shape index (κ2) is 9.52. The minimum absolute atomic E-state index is 0.152. The van der Waals surface area contributed by atoms with Crippen LogP contribution in [0.2, 0.25) is 5.02 Å². The molecule has 2 amide bonds. The Balaban J connectivity index is 1.43. The molecule has 0 aliphatic carbocycles. The van der Waals surface area contributed by atoms with E-state index in [2.05, 4.69) is 5.32 Å². The van der Waals surface area contributed by atoms with Gasteiger partial charge in [-0.05, 0) is 49.7 Å². The number of hydrogen-bond donors (Lipinski definition) is 1. The fourth-order valence-corrected chi connectivity index (χ4v) is 4.94. The second-order valence-electron chi connectivity index (χ2n) is 8.23. The zero-order chi connectivity index (χ0) is 24.5. The monoisotopic (exact) mass is 503 g/mol. The van der Waals surface area contributed by atoms with Crippen LogP contribution in [0, 0.1) is 6.92 Å². The highest BCUT2D eigenvalue weighted by Gasteiger charge is 2.33. The van der Waals surface area contributed by atoms with Crippen LogP contribution in [0.15, 0.2) is 72.1 Å². The summed E-state index contributed by atoms with van der Waals surface area (Å²) < 4.78 is 5.82. The van der Waals surface area contributed by atoms with Crippen molar-refractivity contribution in [3.63, 3.8) is 0 Å². The van der Waals surface area contributed by atoms with Crippen molar-refractivity contribution in [2.75, 3.05) is 16.8 Å². The molecule has 1 aliphatic rings. The van der Waals surface area contributed by atoms with Gasteiger partial charge < -0.3 is 10.1 Å². The first-order valence-electron chi connectivity index (χ1n) is 11.1. The number of carbonyl (C=O) groups is 2. The zero-order valence-corrected chi connectivity index (χ0v) is 20.7. The molecule has 176 valence electrons. The summed E-state index contributed by atoms with van der Waals surface area (Å²) in [5.74, 6) is -0.0591. The Bertz CT molecular complexity index is 1420. The molecule has 3 aromatic carbocycles. The molecule has 5 rings (SSSR count). The van der Waals surface area contributed by atoms with E-state index < -0.39 is 6.10 Å². The van der Waals surface area contributed by atoms with Crippen molar-refractivity contribution in [2.45, 2.75) is 20.0 Å². The summed E-state index contributed by atoms with van der Waals surface area (Å²) in [6.45, 7) is 3.36. The average Bonchev–Trinajstić information content (AvgIpc) is 3.36. The number of thiazole rings is 1. The van der Waals surface area contributed by atoms with E-state index in [-0.39, 0.29) is 18.4 Å². The van der Waals surface area contributed by atoms with E-state index in [0.717, 1.165) is 27.4 Å². The minimum atomic E-state index is -0.696. The summed E-state index contributed by atoms with van der Waals surface area (Å²) >= 11 is 7.73. The quantitative estimate of drug-likeness (QED) is 0.352. The number of amides is 2. The maximum Gasteiger partial charge on any atom is 0.268 e. The van der Waals surface area contributed by atoms with Crippen molar-refractivity contribution in [2.24, 2.45) is 0 Å². The van der Waals surface area contributed by atoms with Crippen LogP contribution < -0.4 is 15.0 Å². The van der Waals surface area contributed by atoms with Crippen LogP contribution in [0.25, 0.3) is 21.8 Å². The largest absolute Gasteiger partial charge is 0.479 e. The maximum atomic E-state index is 13.0. The third-order valence-corrected chi connectivity index (χ3v) is 7.13. The molecule has 0 spiro atoms. The van der Waals surface area contributed by atoms with Crippen molar-refractivity contribution in [3.05, 3.63) is 82.7 Å². The number of nitrogens with zero attached hydrogens (tertiary/aromatic N) is 2. The second-order valence-corrected chi connectivity index (χ2v) is 9.50.